The number of carbonyl (C=O) groups is 1. The number of ether oxygens (including phenoxy) is 2. The van der Waals surface area contributed by atoms with Gasteiger partial charge in [-0.25, -0.2) is 4.79 Å². The molecule has 0 N–H and O–H groups in total. The van der Waals surface area contributed by atoms with Crippen LogP contribution in [0.4, 0.5) is 0 Å². The van der Waals surface area contributed by atoms with Gasteiger partial charge in [-0.1, -0.05) is 41.9 Å². The molecule has 0 atom stereocenters. The predicted octanol–water partition coefficient (Wildman–Crippen LogP) is 3.47. The lowest BCUT2D eigenvalue weighted by Crippen LogP contribution is -2.14. The molecule has 0 amide bonds. The van der Waals surface area contributed by atoms with E-state index in [-0.39, 0.29) is 13.2 Å². The van der Waals surface area contributed by atoms with Crippen LogP contribution >= 0.6 is 23.3 Å². The maximum Gasteiger partial charge on any atom is 0.344 e. The molecule has 0 aliphatic carbocycles. The summed E-state index contributed by atoms with van der Waals surface area (Å²) in [6.07, 6.45) is 0. The zero-order valence-corrected chi connectivity index (χ0v) is 12.9. The highest BCUT2D eigenvalue weighted by atomic mass is 35.5. The van der Waals surface area contributed by atoms with Crippen molar-refractivity contribution in [3.05, 3.63) is 53.1 Å². The van der Waals surface area contributed by atoms with Gasteiger partial charge in [0.25, 0.3) is 0 Å². The number of nitrogens with zero attached hydrogens (tertiary/aromatic N) is 2. The van der Waals surface area contributed by atoms with Crippen molar-refractivity contribution in [2.75, 3.05) is 6.61 Å². The first-order chi connectivity index (χ1) is 10.7. The Labute approximate surface area is 135 Å². The van der Waals surface area contributed by atoms with E-state index in [2.05, 4.69) is 8.75 Å². The molecule has 0 bridgehead atoms. The summed E-state index contributed by atoms with van der Waals surface area (Å²) < 4.78 is 18.7. The van der Waals surface area contributed by atoms with Crippen LogP contribution in [0.15, 0.2) is 42.5 Å². The third-order valence-corrected chi connectivity index (χ3v) is 3.83. The molecule has 2 aromatic carbocycles. The van der Waals surface area contributed by atoms with Crippen LogP contribution in [-0.2, 0) is 16.1 Å². The van der Waals surface area contributed by atoms with Gasteiger partial charge >= 0.3 is 5.97 Å². The summed E-state index contributed by atoms with van der Waals surface area (Å²) in [7, 11) is 0. The number of aromatic nitrogens is 2. The van der Waals surface area contributed by atoms with Crippen molar-refractivity contribution in [2.24, 2.45) is 0 Å². The molecule has 7 heteroatoms. The fourth-order valence-corrected chi connectivity index (χ4v) is 2.68. The smallest absolute Gasteiger partial charge is 0.344 e. The van der Waals surface area contributed by atoms with Crippen molar-refractivity contribution >= 4 is 40.3 Å². The summed E-state index contributed by atoms with van der Waals surface area (Å²) in [6, 6.07) is 12.8. The minimum Gasteiger partial charge on any atom is -0.480 e. The third kappa shape index (κ3) is 3.35. The molecule has 0 spiro atoms. The van der Waals surface area contributed by atoms with Gasteiger partial charge in [-0.15, -0.1) is 0 Å². The molecule has 0 aliphatic rings. The van der Waals surface area contributed by atoms with Gasteiger partial charge in [0.05, 0.1) is 11.7 Å². The van der Waals surface area contributed by atoms with Crippen LogP contribution in [0.1, 0.15) is 5.56 Å². The van der Waals surface area contributed by atoms with E-state index >= 15 is 0 Å². The number of hydrogen-bond donors (Lipinski definition) is 0. The molecule has 1 aromatic heterocycles. The van der Waals surface area contributed by atoms with E-state index in [1.807, 2.05) is 30.3 Å². The van der Waals surface area contributed by atoms with Crippen LogP contribution in [0.2, 0.25) is 5.02 Å². The Hall–Kier alpha value is -2.18. The monoisotopic (exact) mass is 334 g/mol. The topological polar surface area (TPSA) is 61.3 Å². The van der Waals surface area contributed by atoms with Gasteiger partial charge in [0.2, 0.25) is 0 Å². The number of benzene rings is 2. The second kappa shape index (κ2) is 6.72. The molecular formula is C15H11ClN2O3S. The second-order valence-corrected chi connectivity index (χ2v) is 5.35. The fraction of sp³-hybridized carbons (Fsp3) is 0.133. The fourth-order valence-electron chi connectivity index (χ4n) is 1.83. The molecule has 0 fully saturated rings. The zero-order chi connectivity index (χ0) is 15.4. The summed E-state index contributed by atoms with van der Waals surface area (Å²) >= 11 is 7.24. The molecule has 0 aliphatic heterocycles. The van der Waals surface area contributed by atoms with Crippen molar-refractivity contribution in [1.82, 2.24) is 8.75 Å². The van der Waals surface area contributed by atoms with Crippen LogP contribution in [-0.4, -0.2) is 21.3 Å². The Balaban J connectivity index is 1.57. The van der Waals surface area contributed by atoms with E-state index < -0.39 is 5.97 Å². The summed E-state index contributed by atoms with van der Waals surface area (Å²) in [6.45, 7) is 0.00142. The maximum absolute atomic E-state index is 11.7. The molecule has 5 nitrogen and oxygen atoms in total. The van der Waals surface area contributed by atoms with Gasteiger partial charge in [0, 0.05) is 0 Å². The first-order valence-electron chi connectivity index (χ1n) is 6.47. The SMILES string of the molecule is O=C(COc1ccc2nsnc2c1Cl)OCc1ccccc1. The standard InChI is InChI=1S/C15H11ClN2O3S/c16-14-12(7-6-11-15(14)18-22-17-11)20-9-13(19)21-8-10-4-2-1-3-5-10/h1-7H,8-9H2. The van der Waals surface area contributed by atoms with Crippen molar-refractivity contribution in [3.63, 3.8) is 0 Å². The van der Waals surface area contributed by atoms with E-state index in [9.17, 15) is 4.79 Å². The van der Waals surface area contributed by atoms with Gasteiger partial charge in [-0.2, -0.15) is 8.75 Å². The van der Waals surface area contributed by atoms with Crippen molar-refractivity contribution in [1.29, 1.82) is 0 Å². The molecule has 1 heterocycles. The number of carbonyl (C=O) groups excluding carboxylic acids is 1. The number of esters is 1. The molecule has 0 unspecified atom stereocenters. The molecule has 0 saturated carbocycles. The Morgan fingerprint density at radius 1 is 1.14 bits per heavy atom. The van der Waals surface area contributed by atoms with Crippen molar-refractivity contribution < 1.29 is 14.3 Å². The molecule has 22 heavy (non-hydrogen) atoms. The van der Waals surface area contributed by atoms with Crippen LogP contribution in [0, 0.1) is 0 Å². The minimum atomic E-state index is -0.462. The Kier molecular flexibility index (Phi) is 4.50. The quantitative estimate of drug-likeness (QED) is 0.669. The van der Waals surface area contributed by atoms with E-state index in [1.165, 1.54) is 0 Å². The van der Waals surface area contributed by atoms with E-state index in [1.54, 1.807) is 12.1 Å². The lowest BCUT2D eigenvalue weighted by Gasteiger charge is -2.08. The highest BCUT2D eigenvalue weighted by Crippen LogP contribution is 2.31. The minimum absolute atomic E-state index is 0.213. The first kappa shape index (κ1) is 14.7. The molecular weight excluding hydrogens is 324 g/mol. The highest BCUT2D eigenvalue weighted by molar-refractivity contribution is 7.00. The van der Waals surface area contributed by atoms with Crippen LogP contribution in [0.3, 0.4) is 0 Å². The van der Waals surface area contributed by atoms with Crippen molar-refractivity contribution in [2.45, 2.75) is 6.61 Å². The van der Waals surface area contributed by atoms with E-state index in [0.717, 1.165) is 17.3 Å². The van der Waals surface area contributed by atoms with E-state index in [0.29, 0.717) is 21.8 Å². The lowest BCUT2D eigenvalue weighted by molar-refractivity contribution is -0.147. The van der Waals surface area contributed by atoms with Gasteiger partial charge in [-0.3, -0.25) is 0 Å². The summed E-state index contributed by atoms with van der Waals surface area (Å²) in [4.78, 5) is 11.7. The van der Waals surface area contributed by atoms with Gasteiger partial charge < -0.3 is 9.47 Å². The Morgan fingerprint density at radius 3 is 2.77 bits per heavy atom. The van der Waals surface area contributed by atoms with Crippen LogP contribution in [0.25, 0.3) is 11.0 Å². The summed E-state index contributed by atoms with van der Waals surface area (Å²) in [5, 5.41) is 0.349. The Bertz CT molecular complexity index is 792. The molecule has 0 radical (unpaired) electrons. The largest absolute Gasteiger partial charge is 0.480 e. The zero-order valence-electron chi connectivity index (χ0n) is 11.4. The number of halogens is 1. The average molecular weight is 335 g/mol. The molecule has 3 rings (SSSR count). The normalized spacial score (nSPS) is 10.6. The molecule has 0 saturated heterocycles. The summed E-state index contributed by atoms with van der Waals surface area (Å²) in [5.74, 6) is -0.0741. The molecule has 112 valence electrons. The van der Waals surface area contributed by atoms with E-state index in [4.69, 9.17) is 21.1 Å². The summed E-state index contributed by atoms with van der Waals surface area (Å²) in [5.41, 5.74) is 2.19. The van der Waals surface area contributed by atoms with Gasteiger partial charge in [0.1, 0.15) is 28.4 Å². The van der Waals surface area contributed by atoms with Crippen LogP contribution < -0.4 is 4.74 Å². The highest BCUT2D eigenvalue weighted by Gasteiger charge is 2.12. The average Bonchev–Trinajstić information content (AvgIpc) is 3.03. The van der Waals surface area contributed by atoms with Gasteiger partial charge in [-0.05, 0) is 17.7 Å². The van der Waals surface area contributed by atoms with Crippen LogP contribution in [0.5, 0.6) is 5.75 Å². The lowest BCUT2D eigenvalue weighted by atomic mass is 10.2. The van der Waals surface area contributed by atoms with Crippen molar-refractivity contribution in [3.8, 4) is 5.75 Å². The maximum atomic E-state index is 11.7. The number of fused-ring (bicyclic) bond motifs is 1. The first-order valence-corrected chi connectivity index (χ1v) is 7.58. The molecule has 3 aromatic rings. The number of rotatable bonds is 5. The Morgan fingerprint density at radius 2 is 1.95 bits per heavy atom. The second-order valence-electron chi connectivity index (χ2n) is 4.44. The predicted molar refractivity (Wildman–Crippen MR) is 84.2 cm³/mol. The van der Waals surface area contributed by atoms with Gasteiger partial charge in [0.15, 0.2) is 6.61 Å². The third-order valence-electron chi connectivity index (χ3n) is 2.92. The number of hydrogen-bond acceptors (Lipinski definition) is 6.